The highest BCUT2D eigenvalue weighted by Crippen LogP contribution is 2.20. The Kier molecular flexibility index (Phi) is 4.29. The van der Waals surface area contributed by atoms with Crippen LogP contribution in [0.15, 0.2) is 18.5 Å². The Morgan fingerprint density at radius 3 is 2.75 bits per heavy atom. The molecule has 0 spiro atoms. The molecule has 4 heteroatoms. The molecular weight excluding hydrogens is 200 g/mol. The van der Waals surface area contributed by atoms with Crippen LogP contribution in [0, 0.1) is 22.7 Å². The second kappa shape index (κ2) is 5.72. The van der Waals surface area contributed by atoms with Crippen molar-refractivity contribution in [2.45, 2.75) is 26.3 Å². The molecule has 0 amide bonds. The summed E-state index contributed by atoms with van der Waals surface area (Å²) in [4.78, 5) is 6.05. The molecule has 1 aromatic rings. The lowest BCUT2D eigenvalue weighted by molar-refractivity contribution is 0.684. The van der Waals surface area contributed by atoms with Crippen LogP contribution in [0.2, 0.25) is 0 Å². The summed E-state index contributed by atoms with van der Waals surface area (Å²) in [7, 11) is 0. The highest BCUT2D eigenvalue weighted by atomic mass is 15.2. The van der Waals surface area contributed by atoms with Crippen LogP contribution < -0.4 is 4.90 Å². The van der Waals surface area contributed by atoms with E-state index in [0.29, 0.717) is 18.5 Å². The van der Waals surface area contributed by atoms with Crippen molar-refractivity contribution in [1.29, 1.82) is 10.5 Å². The predicted molar refractivity (Wildman–Crippen MR) is 61.7 cm³/mol. The molecule has 0 N–H and O–H groups in total. The fraction of sp³-hybridized carbons (Fsp3) is 0.417. The molecule has 0 saturated carbocycles. The van der Waals surface area contributed by atoms with Gasteiger partial charge in [-0.05, 0) is 19.9 Å². The van der Waals surface area contributed by atoms with Gasteiger partial charge in [-0.1, -0.05) is 0 Å². The van der Waals surface area contributed by atoms with Crippen LogP contribution in [0.3, 0.4) is 0 Å². The third kappa shape index (κ3) is 2.71. The van der Waals surface area contributed by atoms with Crippen molar-refractivity contribution in [1.82, 2.24) is 4.98 Å². The summed E-state index contributed by atoms with van der Waals surface area (Å²) in [6, 6.07) is 6.19. The van der Waals surface area contributed by atoms with Crippen LogP contribution in [-0.4, -0.2) is 17.6 Å². The number of anilines is 1. The molecule has 0 bridgehead atoms. The molecule has 0 unspecified atom stereocenters. The standard InChI is InChI=1S/C12H14N4/c1-10(2)16(7-3-5-13)12-9-15-6-4-11(12)8-14/h4,6,9-10H,3,7H2,1-2H3. The predicted octanol–water partition coefficient (Wildman–Crippen LogP) is 2.08. The molecule has 1 heterocycles. The van der Waals surface area contributed by atoms with E-state index >= 15 is 0 Å². The second-order valence-corrected chi connectivity index (χ2v) is 3.70. The normalized spacial score (nSPS) is 9.56. The van der Waals surface area contributed by atoms with Gasteiger partial charge in [0.05, 0.1) is 29.9 Å². The van der Waals surface area contributed by atoms with Gasteiger partial charge in [0.1, 0.15) is 6.07 Å². The summed E-state index contributed by atoms with van der Waals surface area (Å²) in [5.41, 5.74) is 1.40. The van der Waals surface area contributed by atoms with E-state index in [1.165, 1.54) is 0 Å². The lowest BCUT2D eigenvalue weighted by atomic mass is 10.2. The summed E-state index contributed by atoms with van der Waals surface area (Å²) >= 11 is 0. The van der Waals surface area contributed by atoms with E-state index in [4.69, 9.17) is 10.5 Å². The summed E-state index contributed by atoms with van der Waals surface area (Å²) in [6.45, 7) is 4.69. The monoisotopic (exact) mass is 214 g/mol. The van der Waals surface area contributed by atoms with Gasteiger partial charge in [-0.3, -0.25) is 4.98 Å². The van der Waals surface area contributed by atoms with E-state index in [1.54, 1.807) is 18.5 Å². The van der Waals surface area contributed by atoms with E-state index < -0.39 is 0 Å². The first-order valence-electron chi connectivity index (χ1n) is 5.18. The van der Waals surface area contributed by atoms with Gasteiger partial charge in [-0.2, -0.15) is 10.5 Å². The highest BCUT2D eigenvalue weighted by Gasteiger charge is 2.13. The third-order valence-electron chi connectivity index (χ3n) is 2.32. The molecule has 0 aliphatic carbocycles. The number of pyridine rings is 1. The number of aromatic nitrogens is 1. The maximum Gasteiger partial charge on any atom is 0.101 e. The molecule has 0 aliphatic heterocycles. The zero-order valence-corrected chi connectivity index (χ0v) is 9.51. The zero-order valence-electron chi connectivity index (χ0n) is 9.51. The van der Waals surface area contributed by atoms with Gasteiger partial charge in [-0.25, -0.2) is 0 Å². The highest BCUT2D eigenvalue weighted by molar-refractivity contribution is 5.58. The number of nitriles is 2. The van der Waals surface area contributed by atoms with Gasteiger partial charge in [-0.15, -0.1) is 0 Å². The Hall–Kier alpha value is -2.07. The second-order valence-electron chi connectivity index (χ2n) is 3.70. The van der Waals surface area contributed by atoms with Gasteiger partial charge in [0.2, 0.25) is 0 Å². The Morgan fingerprint density at radius 1 is 1.44 bits per heavy atom. The van der Waals surface area contributed by atoms with E-state index in [2.05, 4.69) is 17.1 Å². The van der Waals surface area contributed by atoms with E-state index in [0.717, 1.165) is 5.69 Å². The zero-order chi connectivity index (χ0) is 12.0. The number of hydrogen-bond donors (Lipinski definition) is 0. The van der Waals surface area contributed by atoms with Crippen LogP contribution in [-0.2, 0) is 0 Å². The quantitative estimate of drug-likeness (QED) is 0.769. The van der Waals surface area contributed by atoms with Crippen molar-refractivity contribution in [3.8, 4) is 12.1 Å². The van der Waals surface area contributed by atoms with Gasteiger partial charge in [0.25, 0.3) is 0 Å². The molecule has 4 nitrogen and oxygen atoms in total. The Labute approximate surface area is 95.8 Å². The van der Waals surface area contributed by atoms with Crippen molar-refractivity contribution in [2.75, 3.05) is 11.4 Å². The first kappa shape index (κ1) is 12.0. The number of rotatable bonds is 4. The van der Waals surface area contributed by atoms with Crippen molar-refractivity contribution >= 4 is 5.69 Å². The van der Waals surface area contributed by atoms with Gasteiger partial charge >= 0.3 is 0 Å². The fourth-order valence-corrected chi connectivity index (χ4v) is 1.54. The lowest BCUT2D eigenvalue weighted by Gasteiger charge is -2.28. The topological polar surface area (TPSA) is 63.7 Å². The first-order chi connectivity index (χ1) is 7.70. The average Bonchev–Trinajstić information content (AvgIpc) is 2.29. The largest absolute Gasteiger partial charge is 0.366 e. The molecule has 1 rings (SSSR count). The summed E-state index contributed by atoms with van der Waals surface area (Å²) in [5, 5.41) is 17.6. The SMILES string of the molecule is CC(C)N(CCC#N)c1cnccc1C#N. The molecule has 82 valence electrons. The molecular formula is C12H14N4. The molecule has 0 aromatic carbocycles. The van der Waals surface area contributed by atoms with Gasteiger partial charge in [0, 0.05) is 18.8 Å². The molecule has 1 aromatic heterocycles. The van der Waals surface area contributed by atoms with Crippen molar-refractivity contribution in [3.63, 3.8) is 0 Å². The molecule has 0 atom stereocenters. The van der Waals surface area contributed by atoms with Crippen molar-refractivity contribution in [2.24, 2.45) is 0 Å². The van der Waals surface area contributed by atoms with Crippen LogP contribution in [0.25, 0.3) is 0 Å². The minimum Gasteiger partial charge on any atom is -0.366 e. The van der Waals surface area contributed by atoms with E-state index in [-0.39, 0.29) is 6.04 Å². The van der Waals surface area contributed by atoms with Crippen LogP contribution in [0.1, 0.15) is 25.8 Å². The minimum atomic E-state index is 0.240. The Morgan fingerprint density at radius 2 is 2.19 bits per heavy atom. The molecule has 16 heavy (non-hydrogen) atoms. The van der Waals surface area contributed by atoms with E-state index in [1.807, 2.05) is 18.7 Å². The van der Waals surface area contributed by atoms with Gasteiger partial charge < -0.3 is 4.90 Å². The number of nitrogens with zero attached hydrogens (tertiary/aromatic N) is 4. The maximum absolute atomic E-state index is 9.01. The molecule has 0 aliphatic rings. The Bertz CT molecular complexity index is 425. The third-order valence-corrected chi connectivity index (χ3v) is 2.32. The Balaban J connectivity index is 3.02. The van der Waals surface area contributed by atoms with Crippen LogP contribution >= 0.6 is 0 Å². The van der Waals surface area contributed by atoms with Crippen molar-refractivity contribution in [3.05, 3.63) is 24.0 Å². The summed E-state index contributed by atoms with van der Waals surface area (Å²) in [6.07, 6.45) is 3.72. The summed E-state index contributed by atoms with van der Waals surface area (Å²) < 4.78 is 0. The minimum absolute atomic E-state index is 0.240. The molecule has 0 radical (unpaired) electrons. The smallest absolute Gasteiger partial charge is 0.101 e. The first-order valence-corrected chi connectivity index (χ1v) is 5.18. The average molecular weight is 214 g/mol. The number of hydrogen-bond acceptors (Lipinski definition) is 4. The van der Waals surface area contributed by atoms with Crippen LogP contribution in [0.4, 0.5) is 5.69 Å². The van der Waals surface area contributed by atoms with Crippen LogP contribution in [0.5, 0.6) is 0 Å². The van der Waals surface area contributed by atoms with Crippen molar-refractivity contribution < 1.29 is 0 Å². The molecule has 0 saturated heterocycles. The molecule has 0 fully saturated rings. The van der Waals surface area contributed by atoms with Gasteiger partial charge in [0.15, 0.2) is 0 Å². The maximum atomic E-state index is 9.01. The lowest BCUT2D eigenvalue weighted by Crippen LogP contribution is -2.32. The van der Waals surface area contributed by atoms with E-state index in [9.17, 15) is 0 Å². The summed E-state index contributed by atoms with van der Waals surface area (Å²) in [5.74, 6) is 0. The fourth-order valence-electron chi connectivity index (χ4n) is 1.54.